The van der Waals surface area contributed by atoms with E-state index in [2.05, 4.69) is 10.3 Å². The van der Waals surface area contributed by atoms with Gasteiger partial charge in [0, 0.05) is 0 Å². The lowest BCUT2D eigenvalue weighted by atomic mass is 9.95. The predicted molar refractivity (Wildman–Crippen MR) is 70.5 cm³/mol. The molecule has 5 nitrogen and oxygen atoms in total. The van der Waals surface area contributed by atoms with E-state index in [0.717, 1.165) is 12.5 Å². The fraction of sp³-hybridized carbons (Fsp3) is 0.500. The van der Waals surface area contributed by atoms with Gasteiger partial charge in [-0.05, 0) is 30.9 Å². The van der Waals surface area contributed by atoms with Gasteiger partial charge in [-0.25, -0.2) is 4.98 Å². The Hall–Kier alpha value is -1.98. The summed E-state index contributed by atoms with van der Waals surface area (Å²) in [7, 11) is 0. The Bertz CT molecular complexity index is 504. The molecule has 0 aromatic carbocycles. The quantitative estimate of drug-likeness (QED) is 0.829. The molecule has 0 spiro atoms. The molecule has 0 bridgehead atoms. The third-order valence-electron chi connectivity index (χ3n) is 3.89. The smallest absolute Gasteiger partial charge is 0.307 e. The van der Waals surface area contributed by atoms with E-state index in [1.807, 2.05) is 6.92 Å². The highest BCUT2D eigenvalue weighted by Gasteiger charge is 2.42. The van der Waals surface area contributed by atoms with E-state index in [1.165, 1.54) is 12.3 Å². The number of hydrogen-bond donors (Lipinski definition) is 2. The zero-order chi connectivity index (χ0) is 14.7. The van der Waals surface area contributed by atoms with E-state index in [-0.39, 0.29) is 11.8 Å². The Morgan fingerprint density at radius 1 is 1.40 bits per heavy atom. The van der Waals surface area contributed by atoms with Crippen molar-refractivity contribution in [2.75, 3.05) is 5.32 Å². The third kappa shape index (κ3) is 3.12. The molecule has 1 aliphatic carbocycles. The van der Waals surface area contributed by atoms with Crippen LogP contribution in [0.2, 0.25) is 0 Å². The molecule has 1 unspecified atom stereocenters. The zero-order valence-electron chi connectivity index (χ0n) is 11.2. The first-order chi connectivity index (χ1) is 9.51. The summed E-state index contributed by atoms with van der Waals surface area (Å²) in [6, 6.07) is 2.55. The van der Waals surface area contributed by atoms with Crippen LogP contribution in [-0.2, 0) is 9.59 Å². The van der Waals surface area contributed by atoms with Crippen molar-refractivity contribution in [3.05, 3.63) is 24.3 Å². The summed E-state index contributed by atoms with van der Waals surface area (Å²) < 4.78 is 12.7. The largest absolute Gasteiger partial charge is 0.481 e. The zero-order valence-corrected chi connectivity index (χ0v) is 11.2. The molecule has 1 saturated carbocycles. The molecule has 1 aromatic rings. The average molecular weight is 280 g/mol. The molecule has 1 fully saturated rings. The lowest BCUT2D eigenvalue weighted by molar-refractivity contribution is -0.145. The van der Waals surface area contributed by atoms with E-state index in [0.29, 0.717) is 18.5 Å². The number of pyridine rings is 1. The van der Waals surface area contributed by atoms with E-state index >= 15 is 0 Å². The van der Waals surface area contributed by atoms with E-state index in [1.54, 1.807) is 0 Å². The van der Waals surface area contributed by atoms with Gasteiger partial charge in [0.1, 0.15) is 0 Å². The molecule has 1 amide bonds. The summed E-state index contributed by atoms with van der Waals surface area (Å²) in [4.78, 5) is 26.9. The maximum Gasteiger partial charge on any atom is 0.307 e. The van der Waals surface area contributed by atoms with Gasteiger partial charge in [-0.15, -0.1) is 0 Å². The minimum Gasteiger partial charge on any atom is -0.481 e. The van der Waals surface area contributed by atoms with Crippen LogP contribution in [0.1, 0.15) is 26.2 Å². The average Bonchev–Trinajstić information content (AvgIpc) is 2.86. The van der Waals surface area contributed by atoms with Gasteiger partial charge in [0.25, 0.3) is 0 Å². The number of hydrogen-bond acceptors (Lipinski definition) is 3. The Labute approximate surface area is 116 Å². The van der Waals surface area contributed by atoms with Crippen LogP contribution in [-0.4, -0.2) is 22.0 Å². The summed E-state index contributed by atoms with van der Waals surface area (Å²) in [5, 5.41) is 11.8. The fourth-order valence-electron chi connectivity index (χ4n) is 2.72. The summed E-state index contributed by atoms with van der Waals surface area (Å²) in [5.74, 6) is -2.81. The summed E-state index contributed by atoms with van der Waals surface area (Å²) >= 11 is 0. The molecule has 1 heterocycles. The van der Waals surface area contributed by atoms with Crippen LogP contribution in [0.4, 0.5) is 10.1 Å². The molecule has 0 radical (unpaired) electrons. The number of amides is 1. The van der Waals surface area contributed by atoms with Crippen LogP contribution in [0.5, 0.6) is 0 Å². The maximum atomic E-state index is 12.7. The Balaban J connectivity index is 2.07. The van der Waals surface area contributed by atoms with Gasteiger partial charge in [-0.1, -0.05) is 13.3 Å². The molecule has 2 rings (SSSR count). The second-order valence-corrected chi connectivity index (χ2v) is 5.16. The Morgan fingerprint density at radius 2 is 2.10 bits per heavy atom. The molecule has 0 saturated heterocycles. The van der Waals surface area contributed by atoms with Gasteiger partial charge in [-0.3, -0.25) is 9.59 Å². The van der Waals surface area contributed by atoms with Crippen molar-refractivity contribution >= 4 is 17.6 Å². The van der Waals surface area contributed by atoms with Crippen molar-refractivity contribution in [1.29, 1.82) is 0 Å². The van der Waals surface area contributed by atoms with Gasteiger partial charge in [0.2, 0.25) is 11.9 Å². The number of halogens is 1. The Morgan fingerprint density at radius 3 is 2.65 bits per heavy atom. The number of aromatic nitrogens is 1. The molecule has 1 aromatic heterocycles. The number of anilines is 1. The van der Waals surface area contributed by atoms with Gasteiger partial charge in [-0.2, -0.15) is 4.39 Å². The van der Waals surface area contributed by atoms with Gasteiger partial charge >= 0.3 is 5.97 Å². The molecule has 2 N–H and O–H groups in total. The highest BCUT2D eigenvalue weighted by atomic mass is 19.1. The van der Waals surface area contributed by atoms with E-state index in [4.69, 9.17) is 0 Å². The van der Waals surface area contributed by atoms with Crippen molar-refractivity contribution in [2.45, 2.75) is 26.2 Å². The first kappa shape index (κ1) is 14.4. The highest BCUT2D eigenvalue weighted by molar-refractivity contribution is 5.95. The van der Waals surface area contributed by atoms with Crippen LogP contribution in [0.25, 0.3) is 0 Å². The first-order valence-corrected chi connectivity index (χ1v) is 6.66. The minimum atomic E-state index is -0.932. The number of carbonyl (C=O) groups excluding carboxylic acids is 1. The molecule has 1 aliphatic rings. The van der Waals surface area contributed by atoms with Crippen molar-refractivity contribution in [1.82, 2.24) is 4.98 Å². The highest BCUT2D eigenvalue weighted by Crippen LogP contribution is 2.38. The number of carboxylic acids is 1. The van der Waals surface area contributed by atoms with Gasteiger partial charge < -0.3 is 10.4 Å². The molecular formula is C14H17FN2O3. The van der Waals surface area contributed by atoms with Crippen molar-refractivity contribution in [2.24, 2.45) is 17.8 Å². The van der Waals surface area contributed by atoms with Crippen molar-refractivity contribution in [3.63, 3.8) is 0 Å². The standard InChI is InChI=1S/C14H17FN2O3/c1-2-8-5-10(11(6-8)14(19)20)13(18)17-9-3-4-12(15)16-7-9/h3-4,7-8,10-11H,2,5-6H2,1H3,(H,17,18)(H,19,20)/t8?,10-,11+/m0/s1. The topological polar surface area (TPSA) is 79.3 Å². The monoisotopic (exact) mass is 280 g/mol. The lowest BCUT2D eigenvalue weighted by Crippen LogP contribution is -2.30. The fourth-order valence-corrected chi connectivity index (χ4v) is 2.72. The molecule has 20 heavy (non-hydrogen) atoms. The number of nitrogens with zero attached hydrogens (tertiary/aromatic N) is 1. The van der Waals surface area contributed by atoms with Crippen molar-refractivity contribution < 1.29 is 19.1 Å². The second kappa shape index (κ2) is 5.98. The number of carbonyl (C=O) groups is 2. The second-order valence-electron chi connectivity index (χ2n) is 5.16. The first-order valence-electron chi connectivity index (χ1n) is 6.66. The molecule has 3 atom stereocenters. The van der Waals surface area contributed by atoms with Crippen molar-refractivity contribution in [3.8, 4) is 0 Å². The lowest BCUT2D eigenvalue weighted by Gasteiger charge is -2.15. The Kier molecular flexibility index (Phi) is 4.32. The van der Waals surface area contributed by atoms with Gasteiger partial charge in [0.15, 0.2) is 0 Å². The SMILES string of the molecule is CCC1C[C@H](C(=O)Nc2ccc(F)nc2)[C@H](C(=O)O)C1. The number of aliphatic carboxylic acids is 1. The predicted octanol–water partition coefficient (Wildman–Crippen LogP) is 2.30. The molecule has 0 aliphatic heterocycles. The van der Waals surface area contributed by atoms with E-state index < -0.39 is 23.8 Å². The number of carboxylic acid groups (broad SMARTS) is 1. The summed E-state index contributed by atoms with van der Waals surface area (Å²) in [6.45, 7) is 1.99. The molecule has 108 valence electrons. The normalized spacial score (nSPS) is 25.4. The van der Waals surface area contributed by atoms with Crippen LogP contribution < -0.4 is 5.32 Å². The minimum absolute atomic E-state index is 0.262. The molecule has 6 heteroatoms. The number of nitrogens with one attached hydrogen (secondary N) is 1. The summed E-state index contributed by atoms with van der Waals surface area (Å²) in [6.07, 6.45) is 3.19. The van der Waals surface area contributed by atoms with Gasteiger partial charge in [0.05, 0.1) is 23.7 Å². The van der Waals surface area contributed by atoms with E-state index in [9.17, 15) is 19.1 Å². The maximum absolute atomic E-state index is 12.7. The van der Waals surface area contributed by atoms with Crippen LogP contribution in [0.3, 0.4) is 0 Å². The number of rotatable bonds is 4. The van der Waals surface area contributed by atoms with Crippen LogP contribution in [0.15, 0.2) is 18.3 Å². The third-order valence-corrected chi connectivity index (χ3v) is 3.89. The van der Waals surface area contributed by atoms with Crippen LogP contribution >= 0.6 is 0 Å². The molecular weight excluding hydrogens is 263 g/mol. The summed E-state index contributed by atoms with van der Waals surface area (Å²) in [5.41, 5.74) is 0.375. The van der Waals surface area contributed by atoms with Crippen LogP contribution in [0, 0.1) is 23.7 Å².